The van der Waals surface area contributed by atoms with E-state index in [-0.39, 0.29) is 11.8 Å². The molecule has 2 aromatic rings. The molecule has 1 saturated heterocycles. The predicted molar refractivity (Wildman–Crippen MR) is 103 cm³/mol. The van der Waals surface area contributed by atoms with E-state index in [9.17, 15) is 9.59 Å². The molecule has 27 heavy (non-hydrogen) atoms. The number of carbonyl (C=O) groups excluding carboxylic acids is 2. The zero-order chi connectivity index (χ0) is 19.1. The molecule has 0 aliphatic carbocycles. The van der Waals surface area contributed by atoms with Crippen molar-refractivity contribution in [2.75, 3.05) is 7.11 Å². The Morgan fingerprint density at radius 3 is 2.48 bits per heavy atom. The number of ketones is 1. The van der Waals surface area contributed by atoms with Crippen LogP contribution in [0.15, 0.2) is 54.6 Å². The zero-order valence-corrected chi connectivity index (χ0v) is 15.5. The third-order valence-corrected chi connectivity index (χ3v) is 4.82. The van der Waals surface area contributed by atoms with E-state index in [2.05, 4.69) is 5.32 Å². The minimum Gasteiger partial charge on any atom is -0.497 e. The summed E-state index contributed by atoms with van der Waals surface area (Å²) in [7, 11) is 1.65. The number of Topliss-reactive ketones (excluding diaryl/α,β-unsaturated/α-hetero) is 1. The van der Waals surface area contributed by atoms with Crippen molar-refractivity contribution in [1.82, 2.24) is 5.32 Å². The molecule has 5 nitrogen and oxygen atoms in total. The van der Waals surface area contributed by atoms with Crippen LogP contribution in [-0.4, -0.2) is 31.1 Å². The number of cyclic esters (lactones) is 1. The first-order chi connectivity index (χ1) is 13.2. The van der Waals surface area contributed by atoms with Gasteiger partial charge < -0.3 is 14.8 Å². The lowest BCUT2D eigenvalue weighted by molar-refractivity contribution is -0.126. The van der Waals surface area contributed by atoms with E-state index < -0.39 is 12.2 Å². The molecule has 0 spiro atoms. The van der Waals surface area contributed by atoms with Gasteiger partial charge in [-0.15, -0.1) is 0 Å². The Morgan fingerprint density at radius 1 is 1.04 bits per heavy atom. The number of ether oxygens (including phenoxy) is 2. The highest BCUT2D eigenvalue weighted by atomic mass is 16.6. The maximum absolute atomic E-state index is 12.6. The minimum atomic E-state index is -0.696. The molecule has 1 aliphatic rings. The number of hydrogen-bond donors (Lipinski definition) is 1. The molecule has 0 saturated carbocycles. The van der Waals surface area contributed by atoms with Crippen LogP contribution in [0.3, 0.4) is 0 Å². The van der Waals surface area contributed by atoms with E-state index in [0.29, 0.717) is 12.8 Å². The normalized spacial score (nSPS) is 18.6. The van der Waals surface area contributed by atoms with E-state index in [1.54, 1.807) is 7.11 Å². The monoisotopic (exact) mass is 367 g/mol. The summed E-state index contributed by atoms with van der Waals surface area (Å²) in [5.74, 6) is 0.831. The number of unbranched alkanes of at least 4 members (excludes halogenated alkanes) is 1. The van der Waals surface area contributed by atoms with Gasteiger partial charge in [-0.05, 0) is 48.9 Å². The van der Waals surface area contributed by atoms with Gasteiger partial charge in [-0.1, -0.05) is 42.5 Å². The Bertz CT molecular complexity index is 758. The third-order valence-electron chi connectivity index (χ3n) is 4.82. The largest absolute Gasteiger partial charge is 0.497 e. The molecule has 5 heteroatoms. The average Bonchev–Trinajstić information content (AvgIpc) is 3.06. The Labute approximate surface area is 159 Å². The lowest BCUT2D eigenvalue weighted by atomic mass is 9.96. The maximum Gasteiger partial charge on any atom is 0.408 e. The number of aryl methyl sites for hydroxylation is 1. The van der Waals surface area contributed by atoms with Crippen LogP contribution in [0, 0.1) is 0 Å². The smallest absolute Gasteiger partial charge is 0.408 e. The number of benzene rings is 2. The molecule has 0 aromatic heterocycles. The molecule has 0 bridgehead atoms. The molecule has 1 heterocycles. The highest BCUT2D eigenvalue weighted by Gasteiger charge is 2.38. The van der Waals surface area contributed by atoms with Crippen LogP contribution in [0.5, 0.6) is 5.75 Å². The fourth-order valence-corrected chi connectivity index (χ4v) is 3.34. The molecule has 0 radical (unpaired) electrons. The average molecular weight is 367 g/mol. The summed E-state index contributed by atoms with van der Waals surface area (Å²) in [6.45, 7) is 0. The zero-order valence-electron chi connectivity index (χ0n) is 15.5. The minimum absolute atomic E-state index is 0.0102. The predicted octanol–water partition coefficient (Wildman–Crippen LogP) is 3.70. The van der Waals surface area contributed by atoms with E-state index in [4.69, 9.17) is 9.47 Å². The summed E-state index contributed by atoms with van der Waals surface area (Å²) in [5, 5.41) is 2.77. The van der Waals surface area contributed by atoms with Crippen molar-refractivity contribution < 1.29 is 19.1 Å². The summed E-state index contributed by atoms with van der Waals surface area (Å²) in [5.41, 5.74) is 2.30. The third kappa shape index (κ3) is 5.33. The lowest BCUT2D eigenvalue weighted by Crippen LogP contribution is -2.38. The second-order valence-corrected chi connectivity index (χ2v) is 6.79. The van der Waals surface area contributed by atoms with Crippen molar-refractivity contribution in [2.45, 2.75) is 44.2 Å². The number of methoxy groups -OCH3 is 1. The second-order valence-electron chi connectivity index (χ2n) is 6.79. The first kappa shape index (κ1) is 19.0. The van der Waals surface area contributed by atoms with Crippen molar-refractivity contribution in [2.24, 2.45) is 0 Å². The van der Waals surface area contributed by atoms with Gasteiger partial charge in [0.25, 0.3) is 0 Å². The van der Waals surface area contributed by atoms with Crippen LogP contribution >= 0.6 is 0 Å². The van der Waals surface area contributed by atoms with Crippen molar-refractivity contribution in [1.29, 1.82) is 0 Å². The van der Waals surface area contributed by atoms with Gasteiger partial charge in [-0.25, -0.2) is 4.79 Å². The van der Waals surface area contributed by atoms with E-state index in [1.807, 2.05) is 54.6 Å². The fraction of sp³-hybridized carbons (Fsp3) is 0.364. The lowest BCUT2D eigenvalue weighted by Gasteiger charge is -2.16. The fourth-order valence-electron chi connectivity index (χ4n) is 3.34. The van der Waals surface area contributed by atoms with Crippen LogP contribution in [0.4, 0.5) is 4.79 Å². The summed E-state index contributed by atoms with van der Waals surface area (Å²) in [4.78, 5) is 24.2. The highest BCUT2D eigenvalue weighted by molar-refractivity contribution is 5.88. The molecule has 1 amide bonds. The number of hydrogen-bond acceptors (Lipinski definition) is 4. The van der Waals surface area contributed by atoms with Crippen LogP contribution in [0.2, 0.25) is 0 Å². The van der Waals surface area contributed by atoms with Crippen LogP contribution < -0.4 is 10.1 Å². The van der Waals surface area contributed by atoms with Crippen LogP contribution in [-0.2, 0) is 22.4 Å². The van der Waals surface area contributed by atoms with Gasteiger partial charge in [0.05, 0.1) is 13.2 Å². The van der Waals surface area contributed by atoms with E-state index in [1.165, 1.54) is 5.56 Å². The van der Waals surface area contributed by atoms with Gasteiger partial charge in [-0.3, -0.25) is 4.79 Å². The molecule has 3 rings (SSSR count). The molecule has 142 valence electrons. The van der Waals surface area contributed by atoms with Gasteiger partial charge in [0, 0.05) is 6.42 Å². The SMILES string of the molecule is COc1ccc(CCCCC(=O)C2OC(=O)N[C@H]2Cc2ccccc2)cc1. The topological polar surface area (TPSA) is 64.6 Å². The summed E-state index contributed by atoms with van der Waals surface area (Å²) < 4.78 is 10.4. The van der Waals surface area contributed by atoms with Gasteiger partial charge >= 0.3 is 6.09 Å². The Hall–Kier alpha value is -2.82. The summed E-state index contributed by atoms with van der Waals surface area (Å²) in [6.07, 6.45) is 2.40. The number of amides is 1. The van der Waals surface area contributed by atoms with Gasteiger partial charge in [0.15, 0.2) is 11.9 Å². The van der Waals surface area contributed by atoms with E-state index >= 15 is 0 Å². The summed E-state index contributed by atoms with van der Waals surface area (Å²) >= 11 is 0. The van der Waals surface area contributed by atoms with Gasteiger partial charge in [-0.2, -0.15) is 0 Å². The standard InChI is InChI=1S/C22H25NO4/c1-26-18-13-11-16(12-14-18)7-5-6-10-20(24)21-19(23-22(25)27-21)15-17-8-3-2-4-9-17/h2-4,8-9,11-14,19,21H,5-7,10,15H2,1H3,(H,23,25)/t19-,21?/m0/s1. The highest BCUT2D eigenvalue weighted by Crippen LogP contribution is 2.18. The number of nitrogens with one attached hydrogen (secondary N) is 1. The maximum atomic E-state index is 12.6. The van der Waals surface area contributed by atoms with Gasteiger partial charge in [0.2, 0.25) is 0 Å². The van der Waals surface area contributed by atoms with E-state index in [0.717, 1.165) is 30.6 Å². The van der Waals surface area contributed by atoms with Crippen molar-refractivity contribution in [3.05, 3.63) is 65.7 Å². The molecular formula is C22H25NO4. The van der Waals surface area contributed by atoms with Crippen molar-refractivity contribution in [3.63, 3.8) is 0 Å². The molecule has 2 atom stereocenters. The molecule has 1 N–H and O–H groups in total. The van der Waals surface area contributed by atoms with Crippen LogP contribution in [0.25, 0.3) is 0 Å². The summed E-state index contributed by atoms with van der Waals surface area (Å²) in [6, 6.07) is 17.5. The Kier molecular flexibility index (Phi) is 6.47. The molecule has 1 fully saturated rings. The van der Waals surface area contributed by atoms with Crippen molar-refractivity contribution >= 4 is 11.9 Å². The van der Waals surface area contributed by atoms with Crippen LogP contribution in [0.1, 0.15) is 30.4 Å². The number of rotatable bonds is 9. The quantitative estimate of drug-likeness (QED) is 0.687. The van der Waals surface area contributed by atoms with Gasteiger partial charge in [0.1, 0.15) is 5.75 Å². The second kappa shape index (κ2) is 9.21. The molecule has 2 aromatic carbocycles. The first-order valence-electron chi connectivity index (χ1n) is 9.32. The van der Waals surface area contributed by atoms with Crippen molar-refractivity contribution in [3.8, 4) is 5.75 Å². The first-order valence-corrected chi connectivity index (χ1v) is 9.32. The Morgan fingerprint density at radius 2 is 1.78 bits per heavy atom. The number of carbonyl (C=O) groups is 2. The Balaban J connectivity index is 1.46. The molecule has 1 aliphatic heterocycles. The molecule has 1 unspecified atom stereocenters. The molecular weight excluding hydrogens is 342 g/mol. The number of alkyl carbamates (subject to hydrolysis) is 1.